The summed E-state index contributed by atoms with van der Waals surface area (Å²) in [6.45, 7) is 3.20. The smallest absolute Gasteiger partial charge is 0.416 e. The number of carbonyl (C=O) groups is 1. The Hall–Kier alpha value is -1.56. The van der Waals surface area contributed by atoms with Crippen LogP contribution < -0.4 is 0 Å². The minimum absolute atomic E-state index is 0.295. The average Bonchev–Trinajstić information content (AvgIpc) is 2.67. The van der Waals surface area contributed by atoms with E-state index < -0.39 is 23.1 Å². The first kappa shape index (κ1) is 14.8. The Labute approximate surface area is 117 Å². The van der Waals surface area contributed by atoms with Gasteiger partial charge in [-0.15, -0.1) is 11.3 Å². The van der Waals surface area contributed by atoms with E-state index in [0.29, 0.717) is 11.8 Å². The second-order valence-electron chi connectivity index (χ2n) is 5.33. The zero-order valence-corrected chi connectivity index (χ0v) is 11.7. The molecule has 6 heteroatoms. The molecule has 0 aliphatic rings. The third-order valence-corrected chi connectivity index (χ3v) is 4.21. The molecule has 0 bridgehead atoms. The van der Waals surface area contributed by atoms with E-state index in [1.54, 1.807) is 19.9 Å². The molecule has 108 valence electrons. The molecule has 1 aromatic heterocycles. The van der Waals surface area contributed by atoms with Gasteiger partial charge in [-0.25, -0.2) is 0 Å². The van der Waals surface area contributed by atoms with Crippen molar-refractivity contribution >= 4 is 27.4 Å². The van der Waals surface area contributed by atoms with Crippen molar-refractivity contribution in [2.45, 2.75) is 26.4 Å². The molecule has 1 N–H and O–H groups in total. The number of halogens is 3. The lowest BCUT2D eigenvalue weighted by Gasteiger charge is -2.17. The lowest BCUT2D eigenvalue weighted by atomic mass is 9.89. The zero-order valence-electron chi connectivity index (χ0n) is 10.9. The van der Waals surface area contributed by atoms with Gasteiger partial charge >= 0.3 is 12.1 Å². The molecule has 0 saturated heterocycles. The van der Waals surface area contributed by atoms with Crippen LogP contribution in [0.2, 0.25) is 0 Å². The maximum atomic E-state index is 12.6. The van der Waals surface area contributed by atoms with Crippen molar-refractivity contribution < 1.29 is 23.1 Å². The van der Waals surface area contributed by atoms with E-state index in [9.17, 15) is 18.0 Å². The molecule has 0 atom stereocenters. The minimum atomic E-state index is -4.36. The fourth-order valence-corrected chi connectivity index (χ4v) is 3.15. The summed E-state index contributed by atoms with van der Waals surface area (Å²) in [5.74, 6) is -0.925. The second kappa shape index (κ2) is 4.77. The van der Waals surface area contributed by atoms with Gasteiger partial charge in [0, 0.05) is 9.58 Å². The highest BCUT2D eigenvalue weighted by molar-refractivity contribution is 7.19. The molecule has 0 spiro atoms. The first-order chi connectivity index (χ1) is 9.09. The third-order valence-electron chi connectivity index (χ3n) is 3.09. The molecule has 0 aliphatic heterocycles. The normalized spacial score (nSPS) is 12.8. The quantitative estimate of drug-likeness (QED) is 0.901. The van der Waals surface area contributed by atoms with Gasteiger partial charge in [-0.05, 0) is 49.9 Å². The van der Waals surface area contributed by atoms with Crippen LogP contribution in [-0.2, 0) is 17.4 Å². The van der Waals surface area contributed by atoms with Crippen molar-refractivity contribution in [1.82, 2.24) is 0 Å². The highest BCUT2D eigenvalue weighted by Crippen LogP contribution is 2.36. The van der Waals surface area contributed by atoms with Crippen LogP contribution in [0.4, 0.5) is 13.2 Å². The number of hydrogen-bond acceptors (Lipinski definition) is 2. The number of aliphatic carboxylic acids is 1. The molecule has 1 heterocycles. The Morgan fingerprint density at radius 2 is 1.90 bits per heavy atom. The van der Waals surface area contributed by atoms with E-state index in [4.69, 9.17) is 5.11 Å². The van der Waals surface area contributed by atoms with Crippen molar-refractivity contribution in [1.29, 1.82) is 0 Å². The summed E-state index contributed by atoms with van der Waals surface area (Å²) >= 11 is 1.33. The van der Waals surface area contributed by atoms with Crippen LogP contribution in [0.1, 0.15) is 24.3 Å². The molecule has 0 fully saturated rings. The number of carboxylic acids is 1. The lowest BCUT2D eigenvalue weighted by Crippen LogP contribution is -2.25. The van der Waals surface area contributed by atoms with Crippen molar-refractivity contribution in [3.05, 3.63) is 34.7 Å². The number of alkyl halides is 3. The summed E-state index contributed by atoms with van der Waals surface area (Å²) in [5.41, 5.74) is -1.62. The Morgan fingerprint density at radius 1 is 1.25 bits per heavy atom. The van der Waals surface area contributed by atoms with Crippen LogP contribution in [0.5, 0.6) is 0 Å². The van der Waals surface area contributed by atoms with Gasteiger partial charge in [-0.2, -0.15) is 13.2 Å². The number of rotatable bonds is 3. The number of carboxylic acid groups (broad SMARTS) is 1. The van der Waals surface area contributed by atoms with Crippen LogP contribution >= 0.6 is 11.3 Å². The molecule has 0 radical (unpaired) electrons. The molecule has 0 aliphatic carbocycles. The van der Waals surface area contributed by atoms with Gasteiger partial charge in [0.15, 0.2) is 0 Å². The molecule has 0 saturated carbocycles. The van der Waals surface area contributed by atoms with Crippen molar-refractivity contribution in [2.24, 2.45) is 5.41 Å². The maximum Gasteiger partial charge on any atom is 0.416 e. The molecular formula is C14H13F3O2S. The fourth-order valence-electron chi connectivity index (χ4n) is 1.87. The molecular weight excluding hydrogens is 289 g/mol. The predicted molar refractivity (Wildman–Crippen MR) is 71.9 cm³/mol. The Morgan fingerprint density at radius 3 is 2.45 bits per heavy atom. The Balaban J connectivity index is 2.37. The van der Waals surface area contributed by atoms with E-state index in [1.807, 2.05) is 0 Å². The van der Waals surface area contributed by atoms with Gasteiger partial charge in [-0.3, -0.25) is 4.79 Å². The molecule has 0 amide bonds. The standard InChI is InChI=1S/C14H13F3O2S/c1-13(2,12(18)19)7-10-6-8-5-9(14(15,16)17)3-4-11(8)20-10/h3-6H,7H2,1-2H3,(H,18,19). The van der Waals surface area contributed by atoms with Crippen LogP contribution in [-0.4, -0.2) is 11.1 Å². The maximum absolute atomic E-state index is 12.6. The van der Waals surface area contributed by atoms with Crippen molar-refractivity contribution in [2.75, 3.05) is 0 Å². The van der Waals surface area contributed by atoms with E-state index in [1.165, 1.54) is 17.4 Å². The molecule has 1 aromatic carbocycles. The van der Waals surface area contributed by atoms with Crippen LogP contribution in [0.25, 0.3) is 10.1 Å². The highest BCUT2D eigenvalue weighted by atomic mass is 32.1. The van der Waals surface area contributed by atoms with Crippen molar-refractivity contribution in [3.8, 4) is 0 Å². The fraction of sp³-hybridized carbons (Fsp3) is 0.357. The van der Waals surface area contributed by atoms with Crippen LogP contribution in [0.3, 0.4) is 0 Å². The van der Waals surface area contributed by atoms with Gasteiger partial charge in [0.1, 0.15) is 0 Å². The second-order valence-corrected chi connectivity index (χ2v) is 6.50. The average molecular weight is 302 g/mol. The van der Waals surface area contributed by atoms with E-state index in [-0.39, 0.29) is 0 Å². The third kappa shape index (κ3) is 2.95. The Kier molecular flexibility index (Phi) is 3.54. The molecule has 2 rings (SSSR count). The topological polar surface area (TPSA) is 37.3 Å². The number of thiophene rings is 1. The van der Waals surface area contributed by atoms with E-state index >= 15 is 0 Å². The summed E-state index contributed by atoms with van der Waals surface area (Å²) in [4.78, 5) is 11.9. The predicted octanol–water partition coefficient (Wildman–Crippen LogP) is 4.57. The molecule has 2 nitrogen and oxygen atoms in total. The van der Waals surface area contributed by atoms with Gasteiger partial charge in [0.2, 0.25) is 0 Å². The zero-order chi connectivity index (χ0) is 15.1. The van der Waals surface area contributed by atoms with E-state index in [2.05, 4.69) is 0 Å². The molecule has 0 unspecified atom stereocenters. The summed E-state index contributed by atoms with van der Waals surface area (Å²) in [6.07, 6.45) is -4.07. The highest BCUT2D eigenvalue weighted by Gasteiger charge is 2.31. The first-order valence-electron chi connectivity index (χ1n) is 5.93. The molecule has 20 heavy (non-hydrogen) atoms. The first-order valence-corrected chi connectivity index (χ1v) is 6.74. The van der Waals surface area contributed by atoms with Gasteiger partial charge in [0.25, 0.3) is 0 Å². The lowest BCUT2D eigenvalue weighted by molar-refractivity contribution is -0.146. The number of benzene rings is 1. The number of hydrogen-bond donors (Lipinski definition) is 1. The SMILES string of the molecule is CC(C)(Cc1cc2cc(C(F)(F)F)ccc2s1)C(=O)O. The van der Waals surface area contributed by atoms with Crippen LogP contribution in [0, 0.1) is 5.41 Å². The summed E-state index contributed by atoms with van der Waals surface area (Å²) < 4.78 is 38.6. The summed E-state index contributed by atoms with van der Waals surface area (Å²) in [7, 11) is 0. The van der Waals surface area contributed by atoms with Gasteiger partial charge in [-0.1, -0.05) is 0 Å². The van der Waals surface area contributed by atoms with E-state index in [0.717, 1.165) is 21.7 Å². The monoisotopic (exact) mass is 302 g/mol. The van der Waals surface area contributed by atoms with Gasteiger partial charge < -0.3 is 5.11 Å². The summed E-state index contributed by atoms with van der Waals surface area (Å²) in [6, 6.07) is 5.22. The Bertz CT molecular complexity index is 656. The number of fused-ring (bicyclic) bond motifs is 1. The van der Waals surface area contributed by atoms with Crippen molar-refractivity contribution in [3.63, 3.8) is 0 Å². The molecule has 2 aromatic rings. The van der Waals surface area contributed by atoms with Crippen LogP contribution in [0.15, 0.2) is 24.3 Å². The van der Waals surface area contributed by atoms with Gasteiger partial charge in [0.05, 0.1) is 11.0 Å². The largest absolute Gasteiger partial charge is 0.481 e. The minimum Gasteiger partial charge on any atom is -0.481 e. The summed E-state index contributed by atoms with van der Waals surface area (Å²) in [5, 5.41) is 9.59.